The van der Waals surface area contributed by atoms with Crippen LogP contribution < -0.4 is 5.32 Å². The van der Waals surface area contributed by atoms with Gasteiger partial charge in [-0.3, -0.25) is 0 Å². The maximum Gasteiger partial charge on any atom is 0.0548 e. The van der Waals surface area contributed by atoms with Gasteiger partial charge in [0.25, 0.3) is 0 Å². The summed E-state index contributed by atoms with van der Waals surface area (Å²) in [7, 11) is 0. The zero-order valence-corrected chi connectivity index (χ0v) is 14.4. The summed E-state index contributed by atoms with van der Waals surface area (Å²) in [6, 6.07) is 14.7. The van der Waals surface area contributed by atoms with E-state index in [1.54, 1.807) is 0 Å². The molecule has 1 nitrogen and oxygen atoms in total. The minimum absolute atomic E-state index is 0.308. The Labute approximate surface area is 135 Å². The number of hydrogen-bond acceptors (Lipinski definition) is 1. The van der Waals surface area contributed by atoms with Gasteiger partial charge >= 0.3 is 0 Å². The first-order chi connectivity index (χ1) is 9.06. The fraction of sp³-hybridized carbons (Fsp3) is 0.200. The van der Waals surface area contributed by atoms with Crippen LogP contribution in [0.15, 0.2) is 51.4 Å². The zero-order valence-electron chi connectivity index (χ0n) is 10.5. The summed E-state index contributed by atoms with van der Waals surface area (Å²) in [5.74, 6) is 0. The van der Waals surface area contributed by atoms with Crippen molar-refractivity contribution in [3.8, 4) is 0 Å². The fourth-order valence-corrected chi connectivity index (χ4v) is 2.60. The molecular weight excluding hydrogens is 389 g/mol. The molecule has 0 amide bonds. The molecule has 0 aliphatic heterocycles. The zero-order chi connectivity index (χ0) is 13.8. The minimum Gasteiger partial charge on any atom is -0.306 e. The fourth-order valence-electron chi connectivity index (χ4n) is 1.79. The van der Waals surface area contributed by atoms with Crippen LogP contribution in [0.25, 0.3) is 0 Å². The number of nitrogens with one attached hydrogen (secondary N) is 1. The largest absolute Gasteiger partial charge is 0.306 e. The summed E-state index contributed by atoms with van der Waals surface area (Å²) in [5.41, 5.74) is 2.48. The van der Waals surface area contributed by atoms with Gasteiger partial charge in [0.1, 0.15) is 0 Å². The minimum atomic E-state index is 0.308. The van der Waals surface area contributed by atoms with Crippen molar-refractivity contribution in [1.29, 1.82) is 0 Å². The second kappa shape index (κ2) is 6.89. The molecule has 2 rings (SSSR count). The van der Waals surface area contributed by atoms with Crippen molar-refractivity contribution in [2.24, 2.45) is 0 Å². The quantitative estimate of drug-likeness (QED) is 0.689. The molecule has 0 saturated heterocycles. The Morgan fingerprint density at radius 1 is 1.11 bits per heavy atom. The van der Waals surface area contributed by atoms with E-state index >= 15 is 0 Å². The van der Waals surface area contributed by atoms with E-state index < -0.39 is 0 Å². The Hall–Kier alpha value is -0.350. The van der Waals surface area contributed by atoms with Gasteiger partial charge in [-0.2, -0.15) is 0 Å². The monoisotopic (exact) mass is 401 g/mol. The Morgan fingerprint density at radius 3 is 2.42 bits per heavy atom. The molecule has 1 N–H and O–H groups in total. The molecule has 1 unspecified atom stereocenters. The first-order valence-corrected chi connectivity index (χ1v) is 7.95. The van der Waals surface area contributed by atoms with E-state index in [1.807, 2.05) is 18.2 Å². The Balaban J connectivity index is 1.98. The molecule has 0 aliphatic carbocycles. The summed E-state index contributed by atoms with van der Waals surface area (Å²) in [4.78, 5) is 0. The summed E-state index contributed by atoms with van der Waals surface area (Å²) < 4.78 is 2.04. The van der Waals surface area contributed by atoms with E-state index in [9.17, 15) is 0 Å². The third-order valence-electron chi connectivity index (χ3n) is 2.97. The average molecular weight is 404 g/mol. The molecular formula is C15H14Br2ClN. The molecule has 0 aliphatic rings. The van der Waals surface area contributed by atoms with Gasteiger partial charge in [0, 0.05) is 21.5 Å². The second-order valence-electron chi connectivity index (χ2n) is 4.40. The van der Waals surface area contributed by atoms with Crippen LogP contribution in [0.5, 0.6) is 0 Å². The Bertz CT molecular complexity index is 555. The topological polar surface area (TPSA) is 12.0 Å². The van der Waals surface area contributed by atoms with Gasteiger partial charge < -0.3 is 5.32 Å². The summed E-state index contributed by atoms with van der Waals surface area (Å²) in [6.45, 7) is 2.97. The highest BCUT2D eigenvalue weighted by molar-refractivity contribution is 9.10. The average Bonchev–Trinajstić information content (AvgIpc) is 2.40. The van der Waals surface area contributed by atoms with Crippen molar-refractivity contribution in [3.05, 3.63) is 67.6 Å². The molecule has 0 fully saturated rings. The molecule has 0 spiro atoms. The predicted molar refractivity (Wildman–Crippen MR) is 88.5 cm³/mol. The Morgan fingerprint density at radius 2 is 1.79 bits per heavy atom. The molecule has 2 aromatic rings. The maximum atomic E-state index is 5.98. The van der Waals surface area contributed by atoms with Gasteiger partial charge in [0.05, 0.1) is 5.02 Å². The van der Waals surface area contributed by atoms with Crippen LogP contribution in [0.1, 0.15) is 24.1 Å². The smallest absolute Gasteiger partial charge is 0.0548 e. The lowest BCUT2D eigenvalue weighted by molar-refractivity contribution is 0.574. The molecule has 1 atom stereocenters. The van der Waals surface area contributed by atoms with Crippen LogP contribution >= 0.6 is 43.5 Å². The van der Waals surface area contributed by atoms with Crippen LogP contribution in [0.3, 0.4) is 0 Å². The van der Waals surface area contributed by atoms with E-state index in [2.05, 4.69) is 68.4 Å². The van der Waals surface area contributed by atoms with Crippen molar-refractivity contribution < 1.29 is 0 Å². The molecule has 100 valence electrons. The summed E-state index contributed by atoms with van der Waals surface area (Å²) >= 11 is 12.9. The van der Waals surface area contributed by atoms with Crippen LogP contribution in [0, 0.1) is 0 Å². The number of rotatable bonds is 4. The second-order valence-corrected chi connectivity index (χ2v) is 6.58. The first-order valence-electron chi connectivity index (χ1n) is 5.99. The van der Waals surface area contributed by atoms with Crippen molar-refractivity contribution in [3.63, 3.8) is 0 Å². The molecule has 2 aromatic carbocycles. The molecule has 0 saturated carbocycles. The normalized spacial score (nSPS) is 12.4. The highest BCUT2D eigenvalue weighted by Crippen LogP contribution is 2.23. The SMILES string of the molecule is CC(NCc1ccc(Cl)c(Br)c1)c1ccc(Br)cc1. The van der Waals surface area contributed by atoms with Crippen LogP contribution in [0.2, 0.25) is 5.02 Å². The van der Waals surface area contributed by atoms with Crippen LogP contribution in [-0.4, -0.2) is 0 Å². The molecule has 4 heteroatoms. The lowest BCUT2D eigenvalue weighted by atomic mass is 10.1. The lowest BCUT2D eigenvalue weighted by Gasteiger charge is -2.14. The van der Waals surface area contributed by atoms with Crippen molar-refractivity contribution >= 4 is 43.5 Å². The van der Waals surface area contributed by atoms with Crippen LogP contribution in [0.4, 0.5) is 0 Å². The highest BCUT2D eigenvalue weighted by Gasteiger charge is 2.05. The third-order valence-corrected chi connectivity index (χ3v) is 4.71. The van der Waals surface area contributed by atoms with Gasteiger partial charge in [0.15, 0.2) is 0 Å². The standard InChI is InChI=1S/C15H14Br2ClN/c1-10(12-3-5-13(16)6-4-12)19-9-11-2-7-15(18)14(17)8-11/h2-8,10,19H,9H2,1H3. The van der Waals surface area contributed by atoms with E-state index in [4.69, 9.17) is 11.6 Å². The number of benzene rings is 2. The van der Waals surface area contributed by atoms with Gasteiger partial charge in [-0.05, 0) is 58.2 Å². The summed E-state index contributed by atoms with van der Waals surface area (Å²) in [5, 5.41) is 4.24. The van der Waals surface area contributed by atoms with E-state index in [0.29, 0.717) is 6.04 Å². The van der Waals surface area contributed by atoms with Crippen LogP contribution in [-0.2, 0) is 6.54 Å². The third kappa shape index (κ3) is 4.32. The van der Waals surface area contributed by atoms with Crippen molar-refractivity contribution in [1.82, 2.24) is 5.32 Å². The van der Waals surface area contributed by atoms with Gasteiger partial charge in [-0.25, -0.2) is 0 Å². The van der Waals surface area contributed by atoms with Gasteiger partial charge in [-0.15, -0.1) is 0 Å². The maximum absolute atomic E-state index is 5.98. The van der Waals surface area contributed by atoms with Gasteiger partial charge in [0.2, 0.25) is 0 Å². The number of hydrogen-bond donors (Lipinski definition) is 1. The van der Waals surface area contributed by atoms with E-state index in [1.165, 1.54) is 11.1 Å². The molecule has 0 radical (unpaired) electrons. The highest BCUT2D eigenvalue weighted by atomic mass is 79.9. The van der Waals surface area contributed by atoms with Crippen molar-refractivity contribution in [2.75, 3.05) is 0 Å². The Kier molecular flexibility index (Phi) is 5.46. The molecule has 0 aromatic heterocycles. The lowest BCUT2D eigenvalue weighted by Crippen LogP contribution is -2.17. The summed E-state index contributed by atoms with van der Waals surface area (Å²) in [6.07, 6.45) is 0. The first kappa shape index (κ1) is 15.0. The number of halogens is 3. The van der Waals surface area contributed by atoms with E-state index in [0.717, 1.165) is 20.5 Å². The van der Waals surface area contributed by atoms with Gasteiger partial charge in [-0.1, -0.05) is 45.7 Å². The van der Waals surface area contributed by atoms with Crippen molar-refractivity contribution in [2.45, 2.75) is 19.5 Å². The van der Waals surface area contributed by atoms with E-state index in [-0.39, 0.29) is 0 Å². The molecule has 0 heterocycles. The molecule has 0 bridgehead atoms. The predicted octanol–water partition coefficient (Wildman–Crippen LogP) is 5.72. The molecule has 19 heavy (non-hydrogen) atoms.